The van der Waals surface area contributed by atoms with Crippen molar-refractivity contribution in [2.24, 2.45) is 0 Å². The average Bonchev–Trinajstić information content (AvgIpc) is 2.63. The predicted octanol–water partition coefficient (Wildman–Crippen LogP) is 3.01. The Morgan fingerprint density at radius 2 is 2.06 bits per heavy atom. The van der Waals surface area contributed by atoms with Crippen molar-refractivity contribution >= 4 is 5.97 Å². The highest BCUT2D eigenvalue weighted by molar-refractivity contribution is 5.85. The Balaban J connectivity index is 3.15. The average molecular weight is 225 g/mol. The fraction of sp³-hybridized carbons (Fsp3) is 0.667. The first kappa shape index (κ1) is 12.7. The summed E-state index contributed by atoms with van der Waals surface area (Å²) in [5, 5.41) is 9.01. The minimum atomic E-state index is -1.03. The molecule has 0 saturated carbocycles. The largest absolute Gasteiger partial charge is 0.475 e. The molecule has 1 N–H and O–H groups in total. The second-order valence-corrected chi connectivity index (χ2v) is 4.59. The maximum atomic E-state index is 11.0. The highest BCUT2D eigenvalue weighted by Gasteiger charge is 2.28. The van der Waals surface area contributed by atoms with Crippen LogP contribution in [-0.2, 0) is 11.8 Å². The van der Waals surface area contributed by atoms with Crippen molar-refractivity contribution in [1.29, 1.82) is 0 Å². The molecule has 0 fully saturated rings. The molecule has 0 aliphatic heterocycles. The molecule has 0 spiro atoms. The Hall–Kier alpha value is -1.32. The van der Waals surface area contributed by atoms with Gasteiger partial charge in [0.15, 0.2) is 0 Å². The molecule has 1 aromatic heterocycles. The van der Waals surface area contributed by atoms with Crippen molar-refractivity contribution in [2.75, 3.05) is 0 Å². The van der Waals surface area contributed by atoms with Gasteiger partial charge in [0, 0.05) is 5.41 Å². The van der Waals surface area contributed by atoms with Crippen LogP contribution < -0.4 is 0 Å². The summed E-state index contributed by atoms with van der Waals surface area (Å²) in [4.78, 5) is 15.3. The Morgan fingerprint density at radius 3 is 2.50 bits per heavy atom. The smallest absolute Gasteiger partial charge is 0.373 e. The van der Waals surface area contributed by atoms with Gasteiger partial charge in [-0.1, -0.05) is 34.1 Å². The van der Waals surface area contributed by atoms with Crippen molar-refractivity contribution in [2.45, 2.75) is 52.4 Å². The van der Waals surface area contributed by atoms with Gasteiger partial charge in [-0.15, -0.1) is 0 Å². The van der Waals surface area contributed by atoms with Crippen LogP contribution in [0.15, 0.2) is 4.42 Å². The minimum Gasteiger partial charge on any atom is -0.475 e. The molecule has 4 heteroatoms. The number of oxazole rings is 1. The molecular weight excluding hydrogens is 206 g/mol. The van der Waals surface area contributed by atoms with Gasteiger partial charge in [0.1, 0.15) is 0 Å². The summed E-state index contributed by atoms with van der Waals surface area (Å²) in [6.07, 6.45) is 2.36. The molecule has 0 saturated heterocycles. The van der Waals surface area contributed by atoms with E-state index in [1.807, 2.05) is 27.7 Å². The van der Waals surface area contributed by atoms with Gasteiger partial charge in [0.25, 0.3) is 0 Å². The number of rotatable bonds is 5. The quantitative estimate of drug-likeness (QED) is 0.836. The van der Waals surface area contributed by atoms with Gasteiger partial charge < -0.3 is 9.52 Å². The van der Waals surface area contributed by atoms with Crippen molar-refractivity contribution < 1.29 is 14.3 Å². The molecule has 1 aromatic rings. The molecule has 1 heterocycles. The zero-order chi connectivity index (χ0) is 12.3. The van der Waals surface area contributed by atoms with Crippen LogP contribution in [0.4, 0.5) is 0 Å². The monoisotopic (exact) mass is 225 g/mol. The van der Waals surface area contributed by atoms with Gasteiger partial charge in [-0.2, -0.15) is 0 Å². The number of aryl methyl sites for hydroxylation is 1. The van der Waals surface area contributed by atoms with Gasteiger partial charge in [-0.25, -0.2) is 9.78 Å². The van der Waals surface area contributed by atoms with E-state index in [9.17, 15) is 4.79 Å². The molecule has 4 nitrogen and oxygen atoms in total. The first-order chi connectivity index (χ1) is 7.42. The van der Waals surface area contributed by atoms with Crippen LogP contribution in [0.25, 0.3) is 0 Å². The van der Waals surface area contributed by atoms with Gasteiger partial charge in [-0.3, -0.25) is 0 Å². The second kappa shape index (κ2) is 4.68. The van der Waals surface area contributed by atoms with Gasteiger partial charge in [-0.05, 0) is 12.8 Å². The summed E-state index contributed by atoms with van der Waals surface area (Å²) >= 11 is 0. The lowest BCUT2D eigenvalue weighted by Crippen LogP contribution is -2.15. The predicted molar refractivity (Wildman–Crippen MR) is 60.8 cm³/mol. The molecule has 0 aromatic carbocycles. The summed E-state index contributed by atoms with van der Waals surface area (Å²) in [6, 6.07) is 0. The number of carbonyl (C=O) groups is 1. The molecule has 0 aliphatic carbocycles. The standard InChI is InChI=1S/C12H19NO3/c1-5-7-8-9(10(14)15)16-11(13-8)12(3,4)6-2/h5-7H2,1-4H3,(H,14,15). The van der Waals surface area contributed by atoms with Gasteiger partial charge in [0.05, 0.1) is 5.69 Å². The molecular formula is C12H19NO3. The zero-order valence-electron chi connectivity index (χ0n) is 10.3. The molecule has 0 amide bonds. The summed E-state index contributed by atoms with van der Waals surface area (Å²) in [5.41, 5.74) is 0.349. The number of aromatic carboxylic acids is 1. The summed E-state index contributed by atoms with van der Waals surface area (Å²) in [5.74, 6) is -0.511. The first-order valence-corrected chi connectivity index (χ1v) is 5.65. The molecule has 1 rings (SSSR count). The van der Waals surface area contributed by atoms with Crippen LogP contribution in [0, 0.1) is 0 Å². The van der Waals surface area contributed by atoms with Crippen LogP contribution in [0.5, 0.6) is 0 Å². The third-order valence-corrected chi connectivity index (χ3v) is 2.84. The molecule has 0 atom stereocenters. The third kappa shape index (κ3) is 2.43. The lowest BCUT2D eigenvalue weighted by atomic mass is 9.90. The van der Waals surface area contributed by atoms with Crippen molar-refractivity contribution in [3.63, 3.8) is 0 Å². The Bertz CT molecular complexity index is 380. The maximum absolute atomic E-state index is 11.0. The molecule has 0 bridgehead atoms. The van der Waals surface area contributed by atoms with E-state index in [1.54, 1.807) is 0 Å². The summed E-state index contributed by atoms with van der Waals surface area (Å²) in [7, 11) is 0. The van der Waals surface area contributed by atoms with E-state index in [4.69, 9.17) is 9.52 Å². The molecule has 0 radical (unpaired) electrons. The fourth-order valence-corrected chi connectivity index (χ4v) is 1.37. The molecule has 16 heavy (non-hydrogen) atoms. The fourth-order valence-electron chi connectivity index (χ4n) is 1.37. The van der Waals surface area contributed by atoms with Crippen LogP contribution >= 0.6 is 0 Å². The van der Waals surface area contributed by atoms with Crippen LogP contribution in [0.2, 0.25) is 0 Å². The Labute approximate surface area is 95.7 Å². The number of hydrogen-bond acceptors (Lipinski definition) is 3. The van der Waals surface area contributed by atoms with E-state index in [2.05, 4.69) is 4.98 Å². The first-order valence-electron chi connectivity index (χ1n) is 5.65. The van der Waals surface area contributed by atoms with E-state index >= 15 is 0 Å². The highest BCUT2D eigenvalue weighted by Crippen LogP contribution is 2.28. The van der Waals surface area contributed by atoms with Crippen LogP contribution in [0.3, 0.4) is 0 Å². The van der Waals surface area contributed by atoms with E-state index in [1.165, 1.54) is 0 Å². The number of hydrogen-bond donors (Lipinski definition) is 1. The van der Waals surface area contributed by atoms with E-state index in [0.29, 0.717) is 18.0 Å². The topological polar surface area (TPSA) is 63.3 Å². The second-order valence-electron chi connectivity index (χ2n) is 4.59. The van der Waals surface area contributed by atoms with Crippen molar-refractivity contribution in [1.82, 2.24) is 4.98 Å². The SMILES string of the molecule is CCCc1nc(C(C)(C)CC)oc1C(=O)O. The number of carboxylic acids is 1. The lowest BCUT2D eigenvalue weighted by Gasteiger charge is -2.17. The summed E-state index contributed by atoms with van der Waals surface area (Å²) < 4.78 is 5.37. The van der Waals surface area contributed by atoms with Crippen molar-refractivity contribution in [3.05, 3.63) is 17.3 Å². The molecule has 0 aliphatic rings. The molecule has 90 valence electrons. The Morgan fingerprint density at radius 1 is 1.44 bits per heavy atom. The van der Waals surface area contributed by atoms with Crippen LogP contribution in [0.1, 0.15) is 62.7 Å². The van der Waals surface area contributed by atoms with E-state index in [-0.39, 0.29) is 11.2 Å². The number of nitrogens with zero attached hydrogens (tertiary/aromatic N) is 1. The zero-order valence-corrected chi connectivity index (χ0v) is 10.3. The van der Waals surface area contributed by atoms with Gasteiger partial charge >= 0.3 is 5.97 Å². The van der Waals surface area contributed by atoms with E-state index in [0.717, 1.165) is 12.8 Å². The Kier molecular flexibility index (Phi) is 3.73. The summed E-state index contributed by atoms with van der Waals surface area (Å²) in [6.45, 7) is 8.02. The third-order valence-electron chi connectivity index (χ3n) is 2.84. The highest BCUT2D eigenvalue weighted by atomic mass is 16.4. The van der Waals surface area contributed by atoms with Crippen LogP contribution in [-0.4, -0.2) is 16.1 Å². The van der Waals surface area contributed by atoms with Crippen molar-refractivity contribution in [3.8, 4) is 0 Å². The number of aromatic nitrogens is 1. The lowest BCUT2D eigenvalue weighted by molar-refractivity contribution is 0.0656. The minimum absolute atomic E-state index is 0.00150. The number of carboxylic acid groups (broad SMARTS) is 1. The van der Waals surface area contributed by atoms with Gasteiger partial charge in [0.2, 0.25) is 11.7 Å². The van der Waals surface area contributed by atoms with E-state index < -0.39 is 5.97 Å². The maximum Gasteiger partial charge on any atom is 0.373 e. The molecule has 0 unspecified atom stereocenters. The normalized spacial score (nSPS) is 11.8.